The van der Waals surface area contributed by atoms with Crippen LogP contribution < -0.4 is 0 Å². The molecule has 32 heavy (non-hydrogen) atoms. The molecule has 180 valence electrons. The van der Waals surface area contributed by atoms with Gasteiger partial charge in [-0.3, -0.25) is 14.4 Å². The second kappa shape index (κ2) is 9.80. The van der Waals surface area contributed by atoms with E-state index in [1.54, 1.807) is 0 Å². The van der Waals surface area contributed by atoms with Crippen LogP contribution in [-0.4, -0.2) is 35.2 Å². The van der Waals surface area contributed by atoms with Gasteiger partial charge in [0.05, 0.1) is 0 Å². The van der Waals surface area contributed by atoms with Crippen LogP contribution >= 0.6 is 0 Å². The van der Waals surface area contributed by atoms with E-state index < -0.39 is 17.3 Å². The van der Waals surface area contributed by atoms with E-state index in [9.17, 15) is 14.4 Å². The number of hydrogen-bond donors (Lipinski definition) is 0. The first kappa shape index (κ1) is 26.1. The van der Waals surface area contributed by atoms with Crippen molar-refractivity contribution >= 4 is 17.9 Å². The van der Waals surface area contributed by atoms with E-state index in [-0.39, 0.29) is 35.2 Å². The summed E-state index contributed by atoms with van der Waals surface area (Å²) in [5.74, 6) is -0.949. The molecule has 0 spiro atoms. The average Bonchev–Trinajstić information content (AvgIpc) is 2.95. The third-order valence-electron chi connectivity index (χ3n) is 6.97. The van der Waals surface area contributed by atoms with Gasteiger partial charge in [-0.2, -0.15) is 0 Å². The molecule has 0 amide bonds. The Morgan fingerprint density at radius 3 is 2.22 bits per heavy atom. The summed E-state index contributed by atoms with van der Waals surface area (Å²) in [5.41, 5.74) is -1.92. The number of ether oxygens (including phenoxy) is 3. The molecule has 2 rings (SSSR count). The molecule has 0 bridgehead atoms. The Kier molecular flexibility index (Phi) is 8.01. The topological polar surface area (TPSA) is 78.9 Å². The number of hydrogen-bond acceptors (Lipinski definition) is 6. The Bertz CT molecular complexity index is 781. The SMILES string of the molecule is CC(=O)O[C@H]1C[C@](C)(OC(C)=O)/C=C/C[C@@H](C)/C=C/[C@@]2(C)CCC(C(C)(C)OC(C)=O)C12. The molecule has 0 aromatic carbocycles. The van der Waals surface area contributed by atoms with Gasteiger partial charge in [0.25, 0.3) is 0 Å². The Balaban J connectivity index is 2.63. The van der Waals surface area contributed by atoms with Crippen LogP contribution in [-0.2, 0) is 28.6 Å². The highest BCUT2D eigenvalue weighted by Gasteiger charge is 2.55. The van der Waals surface area contributed by atoms with Gasteiger partial charge in [0, 0.05) is 39.0 Å². The summed E-state index contributed by atoms with van der Waals surface area (Å²) in [6, 6.07) is 0. The molecule has 0 aliphatic heterocycles. The van der Waals surface area contributed by atoms with Crippen molar-refractivity contribution in [3.63, 3.8) is 0 Å². The summed E-state index contributed by atoms with van der Waals surface area (Å²) in [7, 11) is 0. The lowest BCUT2D eigenvalue weighted by Crippen LogP contribution is -2.48. The Labute approximate surface area is 192 Å². The maximum Gasteiger partial charge on any atom is 0.303 e. The van der Waals surface area contributed by atoms with Gasteiger partial charge < -0.3 is 14.2 Å². The molecule has 6 atom stereocenters. The summed E-state index contributed by atoms with van der Waals surface area (Å²) >= 11 is 0. The molecule has 0 aromatic heterocycles. The third-order valence-corrected chi connectivity index (χ3v) is 6.97. The van der Waals surface area contributed by atoms with Crippen molar-refractivity contribution in [2.45, 2.75) is 98.4 Å². The number of esters is 3. The maximum atomic E-state index is 12.2. The van der Waals surface area contributed by atoms with E-state index >= 15 is 0 Å². The first-order chi connectivity index (χ1) is 14.7. The van der Waals surface area contributed by atoms with Crippen molar-refractivity contribution < 1.29 is 28.6 Å². The second-order valence-corrected chi connectivity index (χ2v) is 10.6. The number of carbonyl (C=O) groups excluding carboxylic acids is 3. The lowest BCUT2D eigenvalue weighted by atomic mass is 9.67. The largest absolute Gasteiger partial charge is 0.462 e. The van der Waals surface area contributed by atoms with Gasteiger partial charge in [0.2, 0.25) is 0 Å². The summed E-state index contributed by atoms with van der Waals surface area (Å²) in [6.07, 6.45) is 10.8. The molecule has 0 saturated heterocycles. The fourth-order valence-electron chi connectivity index (χ4n) is 5.70. The van der Waals surface area contributed by atoms with E-state index in [4.69, 9.17) is 14.2 Å². The minimum atomic E-state index is -0.921. The maximum absolute atomic E-state index is 12.2. The number of carbonyl (C=O) groups is 3. The molecule has 0 N–H and O–H groups in total. The Morgan fingerprint density at radius 2 is 1.66 bits per heavy atom. The number of allylic oxidation sites excluding steroid dienone is 3. The van der Waals surface area contributed by atoms with Crippen LogP contribution in [0.3, 0.4) is 0 Å². The van der Waals surface area contributed by atoms with Gasteiger partial charge in [-0.05, 0) is 57.4 Å². The minimum Gasteiger partial charge on any atom is -0.462 e. The van der Waals surface area contributed by atoms with Crippen LogP contribution in [0.1, 0.15) is 81.1 Å². The van der Waals surface area contributed by atoms with Crippen molar-refractivity contribution in [1.29, 1.82) is 0 Å². The molecule has 0 radical (unpaired) electrons. The van der Waals surface area contributed by atoms with Crippen molar-refractivity contribution in [2.24, 2.45) is 23.2 Å². The van der Waals surface area contributed by atoms with E-state index in [0.29, 0.717) is 12.3 Å². The Morgan fingerprint density at radius 1 is 1.00 bits per heavy atom. The van der Waals surface area contributed by atoms with Crippen molar-refractivity contribution in [3.8, 4) is 0 Å². The summed E-state index contributed by atoms with van der Waals surface area (Å²) in [6.45, 7) is 14.3. The van der Waals surface area contributed by atoms with Gasteiger partial charge in [0.1, 0.15) is 17.3 Å². The molecule has 2 unspecified atom stereocenters. The normalized spacial score (nSPS) is 37.4. The molecule has 2 aliphatic rings. The van der Waals surface area contributed by atoms with E-state index in [1.807, 2.05) is 32.9 Å². The molecule has 0 aromatic rings. The van der Waals surface area contributed by atoms with Crippen LogP contribution in [0.5, 0.6) is 0 Å². The van der Waals surface area contributed by atoms with Crippen molar-refractivity contribution in [1.82, 2.24) is 0 Å². The van der Waals surface area contributed by atoms with Gasteiger partial charge in [-0.15, -0.1) is 0 Å². The zero-order valence-corrected chi connectivity index (χ0v) is 20.9. The molecule has 1 fully saturated rings. The van der Waals surface area contributed by atoms with Crippen LogP contribution in [0.15, 0.2) is 24.3 Å². The zero-order chi connectivity index (χ0) is 24.3. The standard InChI is InChI=1S/C26H40O6/c1-17-10-9-13-26(8,32-20(4)29)16-22(30-18(2)27)23-21(24(5,6)31-19(3)28)12-15-25(23,7)14-11-17/h9,11,13-14,17,21-23H,10,12,15-16H2,1-8H3/b13-9+,14-11+/t17-,21?,22+,23?,25+,26-/m1/s1. The predicted molar refractivity (Wildman–Crippen MR) is 123 cm³/mol. The first-order valence-electron chi connectivity index (χ1n) is 11.6. The monoisotopic (exact) mass is 448 g/mol. The molecule has 2 aliphatic carbocycles. The second-order valence-electron chi connectivity index (χ2n) is 10.6. The van der Waals surface area contributed by atoms with Crippen molar-refractivity contribution in [3.05, 3.63) is 24.3 Å². The highest BCUT2D eigenvalue weighted by molar-refractivity contribution is 5.67. The predicted octanol–water partition coefficient (Wildman–Crippen LogP) is 5.16. The lowest BCUT2D eigenvalue weighted by molar-refractivity contribution is -0.174. The minimum absolute atomic E-state index is 0.0352. The third kappa shape index (κ3) is 6.46. The van der Waals surface area contributed by atoms with Gasteiger partial charge >= 0.3 is 17.9 Å². The molecule has 6 heteroatoms. The smallest absolute Gasteiger partial charge is 0.303 e. The number of fused-ring (bicyclic) bond motifs is 1. The first-order valence-corrected chi connectivity index (χ1v) is 11.6. The van der Waals surface area contributed by atoms with Crippen LogP contribution in [0.2, 0.25) is 0 Å². The molecule has 0 heterocycles. The van der Waals surface area contributed by atoms with Gasteiger partial charge in [-0.1, -0.05) is 32.1 Å². The molecular formula is C26H40O6. The molecular weight excluding hydrogens is 408 g/mol. The van der Waals surface area contributed by atoms with E-state index in [1.165, 1.54) is 20.8 Å². The van der Waals surface area contributed by atoms with Crippen molar-refractivity contribution in [2.75, 3.05) is 0 Å². The fraction of sp³-hybridized carbons (Fsp3) is 0.731. The number of rotatable bonds is 4. The summed E-state index contributed by atoms with van der Waals surface area (Å²) < 4.78 is 17.4. The molecule has 6 nitrogen and oxygen atoms in total. The average molecular weight is 449 g/mol. The van der Waals surface area contributed by atoms with Crippen LogP contribution in [0, 0.1) is 23.2 Å². The lowest BCUT2D eigenvalue weighted by Gasteiger charge is -2.44. The van der Waals surface area contributed by atoms with E-state index in [2.05, 4.69) is 26.0 Å². The summed E-state index contributed by atoms with van der Waals surface area (Å²) in [4.78, 5) is 36.0. The highest BCUT2D eigenvalue weighted by Crippen LogP contribution is 2.55. The quantitative estimate of drug-likeness (QED) is 0.336. The van der Waals surface area contributed by atoms with E-state index in [0.717, 1.165) is 19.3 Å². The highest BCUT2D eigenvalue weighted by atomic mass is 16.6. The molecule has 1 saturated carbocycles. The van der Waals surface area contributed by atoms with Gasteiger partial charge in [-0.25, -0.2) is 0 Å². The Hall–Kier alpha value is -2.11. The van der Waals surface area contributed by atoms with Crippen LogP contribution in [0.25, 0.3) is 0 Å². The summed E-state index contributed by atoms with van der Waals surface area (Å²) in [5, 5.41) is 0. The van der Waals surface area contributed by atoms with Gasteiger partial charge in [0.15, 0.2) is 0 Å². The van der Waals surface area contributed by atoms with Crippen LogP contribution in [0.4, 0.5) is 0 Å². The zero-order valence-electron chi connectivity index (χ0n) is 20.9. The fourth-order valence-corrected chi connectivity index (χ4v) is 5.70.